The van der Waals surface area contributed by atoms with Crippen molar-refractivity contribution in [3.63, 3.8) is 0 Å². The molecule has 20 heavy (non-hydrogen) atoms. The second kappa shape index (κ2) is 7.99. The minimum absolute atomic E-state index is 0.103. The third-order valence-corrected chi connectivity index (χ3v) is 4.39. The Hall–Kier alpha value is -0.610. The van der Waals surface area contributed by atoms with Crippen LogP contribution in [0.2, 0.25) is 0 Å². The Morgan fingerprint density at radius 1 is 1.35 bits per heavy atom. The monoisotopic (exact) mass is 283 g/mol. The van der Waals surface area contributed by atoms with Gasteiger partial charge in [-0.2, -0.15) is 0 Å². The first-order valence-electron chi connectivity index (χ1n) is 8.10. The van der Waals surface area contributed by atoms with E-state index in [1.807, 2.05) is 0 Å². The highest BCUT2D eigenvalue weighted by molar-refractivity contribution is 5.78. The lowest BCUT2D eigenvalue weighted by Crippen LogP contribution is -2.50. The largest absolute Gasteiger partial charge is 0.350 e. The van der Waals surface area contributed by atoms with Crippen LogP contribution >= 0.6 is 0 Å². The first-order chi connectivity index (χ1) is 9.34. The average molecular weight is 283 g/mol. The molecule has 0 aromatic carbocycles. The van der Waals surface area contributed by atoms with Crippen molar-refractivity contribution in [3.05, 3.63) is 0 Å². The molecule has 1 aliphatic rings. The molecule has 0 spiro atoms. The number of nitrogens with one attached hydrogen (secondary N) is 2. The number of carbonyl (C=O) groups is 1. The van der Waals surface area contributed by atoms with Gasteiger partial charge in [-0.3, -0.25) is 9.69 Å². The Kier molecular flexibility index (Phi) is 6.96. The Labute approximate surface area is 124 Å². The van der Waals surface area contributed by atoms with E-state index >= 15 is 0 Å². The van der Waals surface area contributed by atoms with Gasteiger partial charge in [-0.1, -0.05) is 6.92 Å². The van der Waals surface area contributed by atoms with Crippen molar-refractivity contribution in [3.8, 4) is 0 Å². The number of hydrogen-bond donors (Lipinski definition) is 2. The molecular formula is C16H33N3O. The average Bonchev–Trinajstić information content (AvgIpc) is 2.38. The maximum absolute atomic E-state index is 12.2. The summed E-state index contributed by atoms with van der Waals surface area (Å²) < 4.78 is 0. The van der Waals surface area contributed by atoms with Gasteiger partial charge in [0.25, 0.3) is 0 Å². The predicted octanol–water partition coefficient (Wildman–Crippen LogP) is 2.00. The second-order valence-electron chi connectivity index (χ2n) is 7.00. The Morgan fingerprint density at radius 3 is 2.45 bits per heavy atom. The minimum atomic E-state index is -0.103. The van der Waals surface area contributed by atoms with Crippen molar-refractivity contribution in [1.29, 1.82) is 0 Å². The molecule has 0 unspecified atom stereocenters. The minimum Gasteiger partial charge on any atom is -0.350 e. The van der Waals surface area contributed by atoms with Crippen LogP contribution in [0.4, 0.5) is 0 Å². The van der Waals surface area contributed by atoms with Gasteiger partial charge in [0.2, 0.25) is 5.91 Å². The molecule has 2 N–H and O–H groups in total. The highest BCUT2D eigenvalue weighted by Crippen LogP contribution is 2.15. The van der Waals surface area contributed by atoms with Gasteiger partial charge in [0.15, 0.2) is 0 Å². The lowest BCUT2D eigenvalue weighted by molar-refractivity contribution is -0.124. The van der Waals surface area contributed by atoms with E-state index in [0.29, 0.717) is 12.6 Å². The fourth-order valence-electron chi connectivity index (χ4n) is 2.54. The number of amides is 1. The normalized spacial score (nSPS) is 17.8. The smallest absolute Gasteiger partial charge is 0.234 e. The van der Waals surface area contributed by atoms with Crippen LogP contribution in [0, 0.1) is 5.92 Å². The van der Waals surface area contributed by atoms with E-state index in [1.165, 1.54) is 12.8 Å². The van der Waals surface area contributed by atoms with Crippen LogP contribution in [0.25, 0.3) is 0 Å². The van der Waals surface area contributed by atoms with Gasteiger partial charge >= 0.3 is 0 Å². The zero-order valence-corrected chi connectivity index (χ0v) is 14.0. The van der Waals surface area contributed by atoms with E-state index in [9.17, 15) is 4.79 Å². The van der Waals surface area contributed by atoms with Gasteiger partial charge < -0.3 is 10.6 Å². The summed E-state index contributed by atoms with van der Waals surface area (Å²) in [7, 11) is 0. The lowest BCUT2D eigenvalue weighted by atomic mass is 9.97. The molecule has 0 atom stereocenters. The van der Waals surface area contributed by atoms with E-state index in [0.717, 1.165) is 32.0 Å². The summed E-state index contributed by atoms with van der Waals surface area (Å²) in [6.07, 6.45) is 3.41. The summed E-state index contributed by atoms with van der Waals surface area (Å²) in [5, 5.41) is 6.53. The molecule has 1 saturated heterocycles. The summed E-state index contributed by atoms with van der Waals surface area (Å²) in [6, 6.07) is 0.417. The topological polar surface area (TPSA) is 44.4 Å². The van der Waals surface area contributed by atoms with E-state index in [2.05, 4.69) is 50.2 Å². The standard InChI is InChI=1S/C16H33N3O/c1-6-16(4,5)18-15(20)12-19(13(2)3)11-14-7-9-17-10-8-14/h13-14,17H,6-12H2,1-5H3,(H,18,20). The molecule has 1 amide bonds. The van der Waals surface area contributed by atoms with Gasteiger partial charge in [0, 0.05) is 18.1 Å². The number of carbonyl (C=O) groups excluding carboxylic acids is 1. The maximum Gasteiger partial charge on any atom is 0.234 e. The first-order valence-corrected chi connectivity index (χ1v) is 8.10. The molecule has 4 heteroatoms. The molecule has 118 valence electrons. The summed E-state index contributed by atoms with van der Waals surface area (Å²) in [4.78, 5) is 14.5. The van der Waals surface area contributed by atoms with Crippen molar-refractivity contribution >= 4 is 5.91 Å². The second-order valence-corrected chi connectivity index (χ2v) is 7.00. The van der Waals surface area contributed by atoms with Gasteiger partial charge in [-0.15, -0.1) is 0 Å². The zero-order valence-electron chi connectivity index (χ0n) is 14.0. The van der Waals surface area contributed by atoms with Gasteiger partial charge in [-0.05, 0) is 66.0 Å². The van der Waals surface area contributed by atoms with Crippen LogP contribution in [0.1, 0.15) is 53.9 Å². The van der Waals surface area contributed by atoms with Gasteiger partial charge in [0.05, 0.1) is 6.54 Å². The fraction of sp³-hybridized carbons (Fsp3) is 0.938. The summed E-state index contributed by atoms with van der Waals surface area (Å²) in [6.45, 7) is 14.4. The number of rotatable bonds is 7. The fourth-order valence-corrected chi connectivity index (χ4v) is 2.54. The van der Waals surface area contributed by atoms with Crippen molar-refractivity contribution in [1.82, 2.24) is 15.5 Å². The van der Waals surface area contributed by atoms with Crippen molar-refractivity contribution < 1.29 is 4.79 Å². The first kappa shape index (κ1) is 17.4. The molecule has 0 bridgehead atoms. The maximum atomic E-state index is 12.2. The third kappa shape index (κ3) is 6.23. The van der Waals surface area contributed by atoms with Gasteiger partial charge in [-0.25, -0.2) is 0 Å². The van der Waals surface area contributed by atoms with Crippen LogP contribution in [-0.4, -0.2) is 48.6 Å². The summed E-state index contributed by atoms with van der Waals surface area (Å²) >= 11 is 0. The number of nitrogens with zero attached hydrogens (tertiary/aromatic N) is 1. The van der Waals surface area contributed by atoms with Crippen LogP contribution < -0.4 is 10.6 Å². The van der Waals surface area contributed by atoms with Crippen LogP contribution in [0.5, 0.6) is 0 Å². The molecule has 4 nitrogen and oxygen atoms in total. The molecule has 0 aromatic rings. The van der Waals surface area contributed by atoms with Crippen molar-refractivity contribution in [2.24, 2.45) is 5.92 Å². The van der Waals surface area contributed by atoms with Crippen LogP contribution in [-0.2, 0) is 4.79 Å². The van der Waals surface area contributed by atoms with E-state index < -0.39 is 0 Å². The van der Waals surface area contributed by atoms with Crippen LogP contribution in [0.3, 0.4) is 0 Å². The molecule has 1 rings (SSSR count). The summed E-state index contributed by atoms with van der Waals surface area (Å²) in [5.74, 6) is 0.880. The molecule has 1 heterocycles. The molecule has 0 saturated carbocycles. The van der Waals surface area contributed by atoms with E-state index in [1.54, 1.807) is 0 Å². The van der Waals surface area contributed by atoms with Crippen molar-refractivity contribution in [2.45, 2.75) is 65.5 Å². The molecular weight excluding hydrogens is 250 g/mol. The van der Waals surface area contributed by atoms with Crippen LogP contribution in [0.15, 0.2) is 0 Å². The predicted molar refractivity (Wildman–Crippen MR) is 84.8 cm³/mol. The third-order valence-electron chi connectivity index (χ3n) is 4.39. The molecule has 1 fully saturated rings. The van der Waals surface area contributed by atoms with E-state index in [-0.39, 0.29) is 11.4 Å². The molecule has 0 radical (unpaired) electrons. The Morgan fingerprint density at radius 2 is 1.95 bits per heavy atom. The quantitative estimate of drug-likeness (QED) is 0.751. The molecule has 0 aliphatic carbocycles. The van der Waals surface area contributed by atoms with E-state index in [4.69, 9.17) is 0 Å². The lowest BCUT2D eigenvalue weighted by Gasteiger charge is -2.33. The van der Waals surface area contributed by atoms with Crippen molar-refractivity contribution in [2.75, 3.05) is 26.2 Å². The Balaban J connectivity index is 2.47. The summed E-state index contributed by atoms with van der Waals surface area (Å²) in [5.41, 5.74) is -0.103. The zero-order chi connectivity index (χ0) is 15.2. The van der Waals surface area contributed by atoms with Gasteiger partial charge in [0.1, 0.15) is 0 Å². The number of hydrogen-bond acceptors (Lipinski definition) is 3. The number of piperidine rings is 1. The SMILES string of the molecule is CCC(C)(C)NC(=O)CN(CC1CCNCC1)C(C)C. The highest BCUT2D eigenvalue weighted by atomic mass is 16.2. The Bertz CT molecular complexity index is 296. The molecule has 1 aliphatic heterocycles. The molecule has 0 aromatic heterocycles. The highest BCUT2D eigenvalue weighted by Gasteiger charge is 2.23.